The second-order valence-corrected chi connectivity index (χ2v) is 5.47. The minimum absolute atomic E-state index is 0.118. The molecular formula is C15H19NO4. The molecule has 2 aliphatic carbocycles. The Bertz CT molecular complexity index is 506. The van der Waals surface area contributed by atoms with Gasteiger partial charge >= 0.3 is 5.97 Å². The van der Waals surface area contributed by atoms with Crippen LogP contribution in [0.2, 0.25) is 0 Å². The van der Waals surface area contributed by atoms with E-state index in [4.69, 9.17) is 10.8 Å². The number of carboxylic acid groups (broad SMARTS) is 1. The molecule has 20 heavy (non-hydrogen) atoms. The smallest absolute Gasteiger partial charge is 0.339 e. The molecule has 4 N–H and O–H groups in total. The predicted molar refractivity (Wildman–Crippen MR) is 74.9 cm³/mol. The first kappa shape index (κ1) is 14.4. The largest absolute Gasteiger partial charge is 0.505 e. The summed E-state index contributed by atoms with van der Waals surface area (Å²) >= 11 is 0. The number of phenols is 1. The Morgan fingerprint density at radius 2 is 1.75 bits per heavy atom. The van der Waals surface area contributed by atoms with Crippen molar-refractivity contribution in [2.24, 2.45) is 11.8 Å². The first-order valence-corrected chi connectivity index (χ1v) is 6.77. The summed E-state index contributed by atoms with van der Waals surface area (Å²) in [6.45, 7) is 1.28. The van der Waals surface area contributed by atoms with Gasteiger partial charge in [0.05, 0.1) is 5.69 Å². The minimum Gasteiger partial charge on any atom is -0.505 e. The number of carboxylic acids is 1. The number of nitrogen functional groups attached to an aromatic ring is 1. The van der Waals surface area contributed by atoms with Crippen LogP contribution in [0, 0.1) is 11.8 Å². The van der Waals surface area contributed by atoms with Crippen molar-refractivity contribution in [2.75, 3.05) is 5.73 Å². The lowest BCUT2D eigenvalue weighted by Crippen LogP contribution is -2.04. The molecule has 2 unspecified atom stereocenters. The molecule has 2 fully saturated rings. The van der Waals surface area contributed by atoms with Crippen LogP contribution >= 0.6 is 0 Å². The van der Waals surface area contributed by atoms with E-state index in [1.165, 1.54) is 31.2 Å². The van der Waals surface area contributed by atoms with Gasteiger partial charge in [0.2, 0.25) is 0 Å². The van der Waals surface area contributed by atoms with Crippen molar-refractivity contribution in [3.8, 4) is 5.75 Å². The summed E-state index contributed by atoms with van der Waals surface area (Å²) in [4.78, 5) is 21.5. The fraction of sp³-hybridized carbons (Fsp3) is 0.467. The number of fused-ring (bicyclic) bond motifs is 1. The van der Waals surface area contributed by atoms with Crippen LogP contribution in [0.25, 0.3) is 0 Å². The lowest BCUT2D eigenvalue weighted by molar-refractivity contribution is 0.0693. The molecule has 0 heterocycles. The van der Waals surface area contributed by atoms with Gasteiger partial charge in [0.15, 0.2) is 11.5 Å². The summed E-state index contributed by atoms with van der Waals surface area (Å²) in [6, 6.07) is 2.42. The van der Waals surface area contributed by atoms with Gasteiger partial charge in [-0.25, -0.2) is 4.79 Å². The molecule has 2 aliphatic rings. The summed E-state index contributed by atoms with van der Waals surface area (Å²) in [5.74, 6) is 0.249. The number of aromatic hydroxyl groups is 1. The maximum absolute atomic E-state index is 11.0. The van der Waals surface area contributed by atoms with E-state index in [0.29, 0.717) is 0 Å². The molecule has 108 valence electrons. The van der Waals surface area contributed by atoms with Gasteiger partial charge in [0.1, 0.15) is 5.56 Å². The Morgan fingerprint density at radius 3 is 2.10 bits per heavy atom. The van der Waals surface area contributed by atoms with Gasteiger partial charge in [-0.2, -0.15) is 0 Å². The average Bonchev–Trinajstić information content (AvgIpc) is 2.99. The molecule has 1 aromatic rings. The monoisotopic (exact) mass is 277 g/mol. The number of nitrogens with two attached hydrogens (primary N) is 1. The zero-order chi connectivity index (χ0) is 14.9. The van der Waals surface area contributed by atoms with Crippen molar-refractivity contribution in [3.05, 3.63) is 23.3 Å². The van der Waals surface area contributed by atoms with Gasteiger partial charge in [-0.15, -0.1) is 0 Å². The van der Waals surface area contributed by atoms with Gasteiger partial charge in [0, 0.05) is 5.56 Å². The molecular weight excluding hydrogens is 258 g/mol. The summed E-state index contributed by atoms with van der Waals surface area (Å²) < 4.78 is 0. The number of anilines is 1. The number of carbonyl (C=O) groups excluding carboxylic acids is 1. The summed E-state index contributed by atoms with van der Waals surface area (Å²) in [5, 5.41) is 18.0. The Morgan fingerprint density at radius 1 is 1.20 bits per heavy atom. The average molecular weight is 277 g/mol. The molecule has 5 nitrogen and oxygen atoms in total. The summed E-state index contributed by atoms with van der Waals surface area (Å²) in [7, 11) is 0. The normalized spacial score (nSPS) is 22.4. The maximum Gasteiger partial charge on any atom is 0.339 e. The third-order valence-electron chi connectivity index (χ3n) is 4.05. The van der Waals surface area contributed by atoms with Crippen molar-refractivity contribution in [3.63, 3.8) is 0 Å². The number of hydrogen-bond acceptors (Lipinski definition) is 4. The molecule has 0 aliphatic heterocycles. The number of carbonyl (C=O) groups is 2. The van der Waals surface area contributed by atoms with Crippen LogP contribution in [0.1, 0.15) is 53.3 Å². The second kappa shape index (κ2) is 5.53. The highest BCUT2D eigenvalue weighted by atomic mass is 16.4. The molecule has 0 aromatic heterocycles. The van der Waals surface area contributed by atoms with E-state index in [1.54, 1.807) is 19.3 Å². The molecule has 0 spiro atoms. The fourth-order valence-corrected chi connectivity index (χ4v) is 2.75. The predicted octanol–water partition coefficient (Wildman–Crippen LogP) is 2.68. The van der Waals surface area contributed by atoms with E-state index >= 15 is 0 Å². The molecule has 0 bridgehead atoms. The van der Waals surface area contributed by atoms with Gasteiger partial charge in [-0.3, -0.25) is 4.79 Å². The standard InChI is InChI=1S/C9H9NO4.C6H10/c1-4(11)5-2-3-6(9(13)14)8(12)7(5)10;1-2-5-4-6(5)3-1/h2-3,12H,10H2,1H3,(H,13,14);5-6H,1-4H2. The third-order valence-corrected chi connectivity index (χ3v) is 4.05. The quantitative estimate of drug-likeness (QED) is 0.438. The Balaban J connectivity index is 0.000000198. The number of rotatable bonds is 2. The molecule has 1 aromatic carbocycles. The van der Waals surface area contributed by atoms with Crippen molar-refractivity contribution in [1.29, 1.82) is 0 Å². The summed E-state index contributed by atoms with van der Waals surface area (Å²) in [6.07, 6.45) is 6.24. The van der Waals surface area contributed by atoms with Crippen LogP contribution in [0.15, 0.2) is 12.1 Å². The Kier molecular flexibility index (Phi) is 3.97. The van der Waals surface area contributed by atoms with Crippen LogP contribution in [0.3, 0.4) is 0 Å². The number of aromatic carboxylic acids is 1. The first-order chi connectivity index (χ1) is 9.41. The summed E-state index contributed by atoms with van der Waals surface area (Å²) in [5.41, 5.74) is 5.00. The van der Waals surface area contributed by atoms with Crippen LogP contribution in [-0.2, 0) is 0 Å². The van der Waals surface area contributed by atoms with Gasteiger partial charge in [0.25, 0.3) is 0 Å². The van der Waals surface area contributed by atoms with E-state index in [1.807, 2.05) is 0 Å². The van der Waals surface area contributed by atoms with E-state index in [2.05, 4.69) is 0 Å². The number of ketones is 1. The van der Waals surface area contributed by atoms with Gasteiger partial charge < -0.3 is 15.9 Å². The number of Topliss-reactive ketones (excluding diaryl/α,β-unsaturated/α-hetero) is 1. The van der Waals surface area contributed by atoms with Crippen LogP contribution in [-0.4, -0.2) is 22.0 Å². The highest BCUT2D eigenvalue weighted by Crippen LogP contribution is 2.51. The third kappa shape index (κ3) is 2.92. The maximum atomic E-state index is 11.0. The highest BCUT2D eigenvalue weighted by Gasteiger charge is 2.40. The van der Waals surface area contributed by atoms with Crippen LogP contribution in [0.4, 0.5) is 5.69 Å². The van der Waals surface area contributed by atoms with E-state index in [0.717, 1.165) is 6.07 Å². The second-order valence-electron chi connectivity index (χ2n) is 5.47. The first-order valence-electron chi connectivity index (χ1n) is 6.77. The van der Waals surface area contributed by atoms with Crippen molar-refractivity contribution in [1.82, 2.24) is 0 Å². The zero-order valence-corrected chi connectivity index (χ0v) is 11.4. The Labute approximate surface area is 117 Å². The van der Waals surface area contributed by atoms with E-state index in [9.17, 15) is 14.7 Å². The molecule has 3 rings (SSSR count). The zero-order valence-electron chi connectivity index (χ0n) is 11.4. The molecule has 5 heteroatoms. The van der Waals surface area contributed by atoms with Gasteiger partial charge in [-0.05, 0) is 37.3 Å². The lowest BCUT2D eigenvalue weighted by atomic mass is 10.1. The molecule has 2 saturated carbocycles. The fourth-order valence-electron chi connectivity index (χ4n) is 2.75. The molecule has 0 radical (unpaired) electrons. The topological polar surface area (TPSA) is 101 Å². The molecule has 0 amide bonds. The van der Waals surface area contributed by atoms with Crippen molar-refractivity contribution < 1.29 is 19.8 Å². The lowest BCUT2D eigenvalue weighted by Gasteiger charge is -2.06. The van der Waals surface area contributed by atoms with E-state index in [-0.39, 0.29) is 22.6 Å². The van der Waals surface area contributed by atoms with Crippen LogP contribution < -0.4 is 5.73 Å². The van der Waals surface area contributed by atoms with E-state index < -0.39 is 11.7 Å². The molecule has 0 saturated heterocycles. The number of hydrogen-bond donors (Lipinski definition) is 3. The minimum atomic E-state index is -1.29. The van der Waals surface area contributed by atoms with Gasteiger partial charge in [-0.1, -0.05) is 19.3 Å². The van der Waals surface area contributed by atoms with Crippen molar-refractivity contribution in [2.45, 2.75) is 32.6 Å². The van der Waals surface area contributed by atoms with Crippen LogP contribution in [0.5, 0.6) is 5.75 Å². The number of benzene rings is 1. The van der Waals surface area contributed by atoms with Crippen molar-refractivity contribution >= 4 is 17.4 Å². The SMILES string of the molecule is C1CC2CC2C1.CC(=O)c1ccc(C(=O)O)c(O)c1N. The molecule has 2 atom stereocenters. The Hall–Kier alpha value is -2.04. The highest BCUT2D eigenvalue weighted by molar-refractivity contribution is 6.03.